The third-order valence-electron chi connectivity index (χ3n) is 2.94. The third-order valence-corrected chi connectivity index (χ3v) is 4.15. The smallest absolute Gasteiger partial charge is 0.0723 e. The molecular formula is C14H14Br2N2. The van der Waals surface area contributed by atoms with Crippen molar-refractivity contribution in [1.82, 2.24) is 5.43 Å². The zero-order valence-corrected chi connectivity index (χ0v) is 13.1. The van der Waals surface area contributed by atoms with Gasteiger partial charge in [0.2, 0.25) is 0 Å². The molecule has 18 heavy (non-hydrogen) atoms. The fourth-order valence-electron chi connectivity index (χ4n) is 1.99. The maximum Gasteiger partial charge on any atom is 0.0723 e. The Morgan fingerprint density at radius 2 is 1.78 bits per heavy atom. The monoisotopic (exact) mass is 368 g/mol. The average Bonchev–Trinajstić information content (AvgIpc) is 2.36. The fraction of sp³-hybridized carbons (Fsp3) is 0.143. The Morgan fingerprint density at radius 1 is 1.06 bits per heavy atom. The number of halogens is 2. The van der Waals surface area contributed by atoms with Gasteiger partial charge < -0.3 is 0 Å². The van der Waals surface area contributed by atoms with E-state index < -0.39 is 0 Å². The molecule has 2 aromatic carbocycles. The van der Waals surface area contributed by atoms with Crippen molar-refractivity contribution in [2.75, 3.05) is 0 Å². The van der Waals surface area contributed by atoms with E-state index in [0.29, 0.717) is 0 Å². The van der Waals surface area contributed by atoms with Crippen LogP contribution in [0.3, 0.4) is 0 Å². The van der Waals surface area contributed by atoms with Crippen LogP contribution in [0.5, 0.6) is 0 Å². The lowest BCUT2D eigenvalue weighted by Gasteiger charge is -2.20. The van der Waals surface area contributed by atoms with Crippen LogP contribution in [0.25, 0.3) is 0 Å². The quantitative estimate of drug-likeness (QED) is 0.632. The Kier molecular flexibility index (Phi) is 4.56. The Bertz CT molecular complexity index is 555. The van der Waals surface area contributed by atoms with Crippen LogP contribution >= 0.6 is 31.9 Å². The van der Waals surface area contributed by atoms with Crippen molar-refractivity contribution in [3.8, 4) is 0 Å². The van der Waals surface area contributed by atoms with E-state index >= 15 is 0 Å². The van der Waals surface area contributed by atoms with Gasteiger partial charge in [0, 0.05) is 8.95 Å². The van der Waals surface area contributed by atoms with E-state index in [0.717, 1.165) is 14.5 Å². The number of rotatable bonds is 3. The molecule has 0 saturated heterocycles. The summed E-state index contributed by atoms with van der Waals surface area (Å²) in [7, 11) is 0. The number of hydrazine groups is 1. The molecule has 0 spiro atoms. The van der Waals surface area contributed by atoms with Crippen LogP contribution in [-0.4, -0.2) is 0 Å². The molecule has 3 N–H and O–H groups in total. The normalized spacial score (nSPS) is 12.4. The molecule has 0 heterocycles. The highest BCUT2D eigenvalue weighted by Gasteiger charge is 2.17. The minimum absolute atomic E-state index is 0.0296. The van der Waals surface area contributed by atoms with Crippen LogP contribution in [0.1, 0.15) is 22.7 Å². The van der Waals surface area contributed by atoms with Gasteiger partial charge in [-0.1, -0.05) is 56.1 Å². The van der Waals surface area contributed by atoms with E-state index in [1.54, 1.807) is 0 Å². The fourth-order valence-corrected chi connectivity index (χ4v) is 2.85. The number of nitrogens with one attached hydrogen (secondary N) is 1. The molecule has 0 aromatic heterocycles. The van der Waals surface area contributed by atoms with Gasteiger partial charge >= 0.3 is 0 Å². The largest absolute Gasteiger partial charge is 0.271 e. The molecule has 1 atom stereocenters. The lowest BCUT2D eigenvalue weighted by atomic mass is 9.96. The highest BCUT2D eigenvalue weighted by atomic mass is 79.9. The average molecular weight is 370 g/mol. The van der Waals surface area contributed by atoms with Gasteiger partial charge in [-0.2, -0.15) is 0 Å². The molecule has 2 nitrogen and oxygen atoms in total. The Balaban J connectivity index is 2.52. The number of nitrogens with two attached hydrogens (primary N) is 1. The van der Waals surface area contributed by atoms with Crippen LogP contribution in [0, 0.1) is 6.92 Å². The summed E-state index contributed by atoms with van der Waals surface area (Å²) >= 11 is 7.07. The molecule has 2 aromatic rings. The van der Waals surface area contributed by atoms with Crippen LogP contribution in [0.4, 0.5) is 0 Å². The van der Waals surface area contributed by atoms with Crippen LogP contribution in [-0.2, 0) is 0 Å². The van der Waals surface area contributed by atoms with E-state index in [1.165, 1.54) is 11.1 Å². The Labute approximate surface area is 124 Å². The topological polar surface area (TPSA) is 38.0 Å². The number of aryl methyl sites for hydroxylation is 1. The molecule has 4 heteroatoms. The summed E-state index contributed by atoms with van der Waals surface area (Å²) < 4.78 is 2.08. The molecular weight excluding hydrogens is 356 g/mol. The SMILES string of the molecule is Cc1ccccc1C(NN)c1cc(Br)ccc1Br. The zero-order chi connectivity index (χ0) is 13.1. The molecule has 0 amide bonds. The van der Waals surface area contributed by atoms with Crippen molar-refractivity contribution in [1.29, 1.82) is 0 Å². The van der Waals surface area contributed by atoms with E-state index in [-0.39, 0.29) is 6.04 Å². The second-order valence-corrected chi connectivity index (χ2v) is 5.89. The summed E-state index contributed by atoms with van der Waals surface area (Å²) in [5.41, 5.74) is 6.40. The highest BCUT2D eigenvalue weighted by Crippen LogP contribution is 2.31. The standard InChI is InChI=1S/C14H14Br2N2/c1-9-4-2-3-5-11(9)14(18-17)12-8-10(15)6-7-13(12)16/h2-8,14,18H,17H2,1H3. The summed E-state index contributed by atoms with van der Waals surface area (Å²) in [6.07, 6.45) is 0. The highest BCUT2D eigenvalue weighted by molar-refractivity contribution is 9.11. The van der Waals surface area contributed by atoms with Crippen LogP contribution in [0.2, 0.25) is 0 Å². The van der Waals surface area contributed by atoms with Gasteiger partial charge in [-0.15, -0.1) is 0 Å². The van der Waals surface area contributed by atoms with Crippen molar-refractivity contribution < 1.29 is 0 Å². The summed E-state index contributed by atoms with van der Waals surface area (Å²) in [6.45, 7) is 2.09. The van der Waals surface area contributed by atoms with Gasteiger partial charge in [0.05, 0.1) is 6.04 Å². The molecule has 0 saturated carbocycles. The first-order valence-corrected chi connectivity index (χ1v) is 7.18. The summed E-state index contributed by atoms with van der Waals surface area (Å²) in [6, 6.07) is 14.3. The minimum atomic E-state index is -0.0296. The predicted octanol–water partition coefficient (Wildman–Crippen LogP) is 4.07. The molecule has 0 aliphatic rings. The van der Waals surface area contributed by atoms with Crippen molar-refractivity contribution >= 4 is 31.9 Å². The van der Waals surface area contributed by atoms with Gasteiger partial charge in [-0.3, -0.25) is 5.84 Å². The first-order chi connectivity index (χ1) is 8.63. The van der Waals surface area contributed by atoms with E-state index in [1.807, 2.05) is 24.3 Å². The molecule has 0 radical (unpaired) electrons. The molecule has 0 bridgehead atoms. The number of benzene rings is 2. The van der Waals surface area contributed by atoms with Crippen molar-refractivity contribution in [2.45, 2.75) is 13.0 Å². The van der Waals surface area contributed by atoms with Gasteiger partial charge in [-0.05, 0) is 41.8 Å². The summed E-state index contributed by atoms with van der Waals surface area (Å²) in [5, 5.41) is 0. The van der Waals surface area contributed by atoms with Crippen LogP contribution in [0.15, 0.2) is 51.4 Å². The number of hydrogen-bond donors (Lipinski definition) is 2. The maximum absolute atomic E-state index is 5.74. The maximum atomic E-state index is 5.74. The van der Waals surface area contributed by atoms with E-state index in [2.05, 4.69) is 62.4 Å². The zero-order valence-electron chi connectivity index (χ0n) is 9.95. The van der Waals surface area contributed by atoms with E-state index in [9.17, 15) is 0 Å². The van der Waals surface area contributed by atoms with Crippen LogP contribution < -0.4 is 11.3 Å². The second-order valence-electron chi connectivity index (χ2n) is 4.12. The molecule has 0 aliphatic carbocycles. The van der Waals surface area contributed by atoms with Crippen molar-refractivity contribution in [2.24, 2.45) is 5.84 Å². The minimum Gasteiger partial charge on any atom is -0.271 e. The third kappa shape index (κ3) is 2.83. The van der Waals surface area contributed by atoms with Gasteiger partial charge in [0.1, 0.15) is 0 Å². The van der Waals surface area contributed by atoms with E-state index in [4.69, 9.17) is 5.84 Å². The predicted molar refractivity (Wildman–Crippen MR) is 82.2 cm³/mol. The molecule has 0 aliphatic heterocycles. The van der Waals surface area contributed by atoms with Crippen molar-refractivity contribution in [3.05, 3.63) is 68.1 Å². The summed E-state index contributed by atoms with van der Waals surface area (Å²) in [5.74, 6) is 5.74. The first kappa shape index (κ1) is 13.7. The molecule has 94 valence electrons. The molecule has 2 rings (SSSR count). The lowest BCUT2D eigenvalue weighted by Crippen LogP contribution is -2.29. The van der Waals surface area contributed by atoms with Gasteiger partial charge in [0.15, 0.2) is 0 Å². The Hall–Kier alpha value is -0.680. The first-order valence-electron chi connectivity index (χ1n) is 5.60. The lowest BCUT2D eigenvalue weighted by molar-refractivity contribution is 0.631. The molecule has 0 fully saturated rings. The van der Waals surface area contributed by atoms with Gasteiger partial charge in [0.25, 0.3) is 0 Å². The second kappa shape index (κ2) is 5.97. The number of hydrogen-bond acceptors (Lipinski definition) is 2. The van der Waals surface area contributed by atoms with Crippen molar-refractivity contribution in [3.63, 3.8) is 0 Å². The van der Waals surface area contributed by atoms with Gasteiger partial charge in [-0.25, -0.2) is 5.43 Å². The summed E-state index contributed by atoms with van der Waals surface area (Å²) in [4.78, 5) is 0. The molecule has 1 unspecified atom stereocenters. The Morgan fingerprint density at radius 3 is 2.44 bits per heavy atom.